The molecule has 10 aromatic carbocycles. The number of rotatable bonds is 25. The molecule has 3 aliphatic rings. The molecule has 3 fully saturated rings. The highest BCUT2D eigenvalue weighted by Gasteiger charge is 2.46. The normalized spacial score (nSPS) is 20.0. The molecule has 0 radical (unpaired) electrons. The highest BCUT2D eigenvalue weighted by Crippen LogP contribution is 2.52. The van der Waals surface area contributed by atoms with Crippen LogP contribution in [0.2, 0.25) is 0 Å². The lowest BCUT2D eigenvalue weighted by Gasteiger charge is -2.21. The maximum atomic E-state index is 9.89. The van der Waals surface area contributed by atoms with Gasteiger partial charge in [0.15, 0.2) is 17.4 Å². The van der Waals surface area contributed by atoms with E-state index in [2.05, 4.69) is 48.5 Å². The zero-order chi connectivity index (χ0) is 65.4. The highest BCUT2D eigenvalue weighted by molar-refractivity contribution is 5.45. The molecule has 3 heterocycles. The van der Waals surface area contributed by atoms with Gasteiger partial charge in [-0.2, -0.15) is 0 Å². The summed E-state index contributed by atoms with van der Waals surface area (Å²) in [7, 11) is 0. The smallest absolute Gasteiger partial charge is 0.164 e. The van der Waals surface area contributed by atoms with Crippen LogP contribution >= 0.6 is 0 Å². The molecule has 3 aliphatic heterocycles. The van der Waals surface area contributed by atoms with Crippen LogP contribution in [0.1, 0.15) is 150 Å². The van der Waals surface area contributed by atoms with Crippen molar-refractivity contribution in [1.29, 1.82) is 0 Å². The van der Waals surface area contributed by atoms with E-state index in [1.807, 2.05) is 242 Å². The first-order valence-electron chi connectivity index (χ1n) is 32.4. The minimum Gasteiger partial charge on any atom is -0.489 e. The second-order valence-electron chi connectivity index (χ2n) is 25.7. The molecule has 0 spiro atoms. The summed E-state index contributed by atoms with van der Waals surface area (Å²) in [6, 6.07) is 82.6. The third-order valence-electron chi connectivity index (χ3n) is 16.9. The molecule has 13 rings (SSSR count). The Labute approximate surface area is 556 Å². The van der Waals surface area contributed by atoms with Crippen molar-refractivity contribution < 1.29 is 61.9 Å². The summed E-state index contributed by atoms with van der Waals surface area (Å²) in [4.78, 5) is 0. The van der Waals surface area contributed by atoms with Gasteiger partial charge in [0, 0.05) is 18.2 Å². The fourth-order valence-electron chi connectivity index (χ4n) is 12.2. The molecule has 0 saturated carbocycles. The molecule has 1 N–H and O–H groups in total. The molecule has 486 valence electrons. The number of ether oxygens (including phenoxy) is 12. The summed E-state index contributed by atoms with van der Waals surface area (Å²) in [6.45, 7) is 13.6. The Morgan fingerprint density at radius 2 is 0.432 bits per heavy atom. The zero-order valence-electron chi connectivity index (χ0n) is 54.4. The summed E-state index contributed by atoms with van der Waals surface area (Å²) >= 11 is 0. The van der Waals surface area contributed by atoms with E-state index < -0.39 is 54.0 Å². The van der Waals surface area contributed by atoms with Gasteiger partial charge in [-0.1, -0.05) is 194 Å². The van der Waals surface area contributed by atoms with Gasteiger partial charge in [0.1, 0.15) is 111 Å². The molecule has 0 amide bonds. The summed E-state index contributed by atoms with van der Waals surface area (Å²) in [5.41, 5.74) is 12.3. The topological polar surface area (TPSA) is 131 Å². The minimum atomic E-state index is -0.911. The van der Waals surface area contributed by atoms with Crippen molar-refractivity contribution >= 4 is 0 Å². The Bertz CT molecular complexity index is 3770. The van der Waals surface area contributed by atoms with Crippen molar-refractivity contribution in [2.24, 2.45) is 0 Å². The Morgan fingerprint density at radius 3 is 0.642 bits per heavy atom. The van der Waals surface area contributed by atoms with Crippen molar-refractivity contribution in [2.45, 2.75) is 142 Å². The third kappa shape index (κ3) is 16.6. The molecule has 10 aromatic rings. The first kappa shape index (κ1) is 64.4. The van der Waals surface area contributed by atoms with E-state index >= 15 is 0 Å². The largest absolute Gasteiger partial charge is 0.489 e. The molecule has 13 nitrogen and oxygen atoms in total. The van der Waals surface area contributed by atoms with Crippen LogP contribution in [0.3, 0.4) is 0 Å². The van der Waals surface area contributed by atoms with Gasteiger partial charge in [-0.05, 0) is 150 Å². The zero-order valence-corrected chi connectivity index (χ0v) is 54.4. The summed E-state index contributed by atoms with van der Waals surface area (Å²) in [5.74, 6) is 1.15. The van der Waals surface area contributed by atoms with Gasteiger partial charge in [0.25, 0.3) is 0 Å². The number of benzene rings is 10. The Balaban J connectivity index is 0.737. The van der Waals surface area contributed by atoms with Crippen molar-refractivity contribution in [1.82, 2.24) is 0 Å². The summed E-state index contributed by atoms with van der Waals surface area (Å²) < 4.78 is 79.3. The van der Waals surface area contributed by atoms with E-state index in [1.54, 1.807) is 0 Å². The standard InChI is InChI=1S/C82H80O13/c1-80(2)90-74(62-33-27-55(48-83)28-34-62)77(93-80)67-43-72(88-53-60-29-35-63(36-30-60)75-78(94-81(3,4)91-75)65-39-68(84-49-56-19-11-7-12-20-56)45-69(40-65)85-50-57-21-13-8-14-22-57)47-73(44-67)89-54-61-31-37-64(38-32-61)76-79(95-82(5,6)92-76)66-41-70(86-51-58-23-15-9-16-24-58)46-71(42-66)87-52-59-25-17-10-18-26-59/h7-47,74-79,83H,48-54H2,1-6H3/t74-,75-,76-,77-,78-,79-/m1/s1. The van der Waals surface area contributed by atoms with Gasteiger partial charge in [-0.3, -0.25) is 0 Å². The molecule has 0 unspecified atom stereocenters. The molecule has 0 aromatic heterocycles. The van der Waals surface area contributed by atoms with E-state index in [0.717, 1.165) is 72.3 Å². The van der Waals surface area contributed by atoms with Gasteiger partial charge in [0.2, 0.25) is 0 Å². The quantitative estimate of drug-likeness (QED) is 0.0583. The van der Waals surface area contributed by atoms with Crippen LogP contribution in [0, 0.1) is 0 Å². The van der Waals surface area contributed by atoms with Crippen molar-refractivity contribution in [3.8, 4) is 34.5 Å². The van der Waals surface area contributed by atoms with Crippen LogP contribution in [-0.4, -0.2) is 22.5 Å². The molecule has 6 atom stereocenters. The second-order valence-corrected chi connectivity index (χ2v) is 25.7. The number of aliphatic hydroxyl groups is 1. The van der Waals surface area contributed by atoms with Crippen LogP contribution < -0.4 is 28.4 Å². The fourth-order valence-corrected chi connectivity index (χ4v) is 12.2. The SMILES string of the molecule is CC1(C)O[C@H](c2ccc(CO)cc2)[C@@H](c2cc(OCc3ccc([C@H]4OC(C)(C)O[C@@H]4c4cc(OCc5ccccc5)cc(OCc5ccccc5)c4)cc3)cc(OCc3ccc([C@H]4OC(C)(C)O[C@@H]4c4cc(OCc5ccccc5)cc(OCc5ccccc5)c4)cc3)c2)O1. The van der Waals surface area contributed by atoms with Crippen LogP contribution in [0.15, 0.2) is 249 Å². The first-order chi connectivity index (χ1) is 46.1. The van der Waals surface area contributed by atoms with E-state index in [9.17, 15) is 5.11 Å². The average molecular weight is 1270 g/mol. The fraction of sp³-hybridized carbons (Fsp3) is 0.268. The lowest BCUT2D eigenvalue weighted by atomic mass is 9.97. The molecule has 3 saturated heterocycles. The molecule has 0 bridgehead atoms. The van der Waals surface area contributed by atoms with Crippen molar-refractivity contribution in [3.63, 3.8) is 0 Å². The lowest BCUT2D eigenvalue weighted by molar-refractivity contribution is -0.147. The molecular formula is C82H80O13. The van der Waals surface area contributed by atoms with E-state index in [1.165, 1.54) is 0 Å². The van der Waals surface area contributed by atoms with Crippen molar-refractivity contribution in [3.05, 3.63) is 321 Å². The first-order valence-corrected chi connectivity index (χ1v) is 32.4. The Kier molecular flexibility index (Phi) is 19.5. The Morgan fingerprint density at radius 1 is 0.242 bits per heavy atom. The predicted octanol–water partition coefficient (Wildman–Crippen LogP) is 18.3. The van der Waals surface area contributed by atoms with Gasteiger partial charge in [-0.25, -0.2) is 0 Å². The van der Waals surface area contributed by atoms with Crippen LogP contribution in [0.5, 0.6) is 34.5 Å². The van der Waals surface area contributed by atoms with Crippen LogP contribution in [-0.2, 0) is 74.7 Å². The molecule has 13 heteroatoms. The van der Waals surface area contributed by atoms with Gasteiger partial charge < -0.3 is 61.9 Å². The average Bonchev–Trinajstić information content (AvgIpc) is 1.67. The van der Waals surface area contributed by atoms with Crippen LogP contribution in [0.25, 0.3) is 0 Å². The monoisotopic (exact) mass is 1270 g/mol. The van der Waals surface area contributed by atoms with E-state index in [0.29, 0.717) is 60.9 Å². The van der Waals surface area contributed by atoms with Gasteiger partial charge in [-0.15, -0.1) is 0 Å². The summed E-state index contributed by atoms with van der Waals surface area (Å²) in [6.07, 6.45) is -2.87. The van der Waals surface area contributed by atoms with E-state index in [4.69, 9.17) is 56.8 Å². The lowest BCUT2D eigenvalue weighted by Crippen LogP contribution is -2.20. The van der Waals surface area contributed by atoms with Crippen molar-refractivity contribution in [2.75, 3.05) is 0 Å². The third-order valence-corrected chi connectivity index (χ3v) is 16.9. The van der Waals surface area contributed by atoms with E-state index in [-0.39, 0.29) is 19.8 Å². The number of hydrogen-bond acceptors (Lipinski definition) is 13. The Hall–Kier alpha value is -9.28. The maximum absolute atomic E-state index is 9.89. The number of aliphatic hydroxyl groups excluding tert-OH is 1. The number of hydrogen-bond donors (Lipinski definition) is 1. The second kappa shape index (κ2) is 28.7. The summed E-state index contributed by atoms with van der Waals surface area (Å²) in [5, 5.41) is 9.89. The van der Waals surface area contributed by atoms with Gasteiger partial charge >= 0.3 is 0 Å². The molecular weight excluding hydrogens is 1190 g/mol. The molecule has 95 heavy (non-hydrogen) atoms. The molecule has 0 aliphatic carbocycles. The highest BCUT2D eigenvalue weighted by atomic mass is 16.8. The van der Waals surface area contributed by atoms with Crippen LogP contribution in [0.4, 0.5) is 0 Å². The maximum Gasteiger partial charge on any atom is 0.164 e. The minimum absolute atomic E-state index is 0.0644. The van der Waals surface area contributed by atoms with Gasteiger partial charge in [0.05, 0.1) is 6.61 Å². The predicted molar refractivity (Wildman–Crippen MR) is 362 cm³/mol.